The Hall–Kier alpha value is -5.63. The van der Waals surface area contributed by atoms with Crippen molar-refractivity contribution in [2.45, 2.75) is 26.3 Å². The summed E-state index contributed by atoms with van der Waals surface area (Å²) in [6.07, 6.45) is 4.41. The molecular weight excluding hydrogens is 532 g/mol. The van der Waals surface area contributed by atoms with Crippen molar-refractivity contribution in [2.24, 2.45) is 30.7 Å². The van der Waals surface area contributed by atoms with Gasteiger partial charge in [-0.1, -0.05) is 55.5 Å². The quantitative estimate of drug-likeness (QED) is 0.177. The number of fused-ring (bicyclic) bond motifs is 2. The second-order valence-electron chi connectivity index (χ2n) is 10.1. The Bertz CT molecular complexity index is 1950. The molecule has 43 heavy (non-hydrogen) atoms. The van der Waals surface area contributed by atoms with Crippen molar-refractivity contribution in [3.05, 3.63) is 122 Å². The normalized spacial score (nSPS) is 12.6. The molecule has 0 aliphatic heterocycles. The number of aromatic nitrogens is 1. The lowest BCUT2D eigenvalue weighted by atomic mass is 10.1. The van der Waals surface area contributed by atoms with Crippen LogP contribution in [0.25, 0.3) is 21.5 Å². The maximum atomic E-state index is 4.68. The standard InChI is InChI=1S/C35H30N8/c1-3-24(2)37-32-18-19-34(29-11-5-4-10-28(29)32)42-43-35-21-20-33(30-12-6-7-13-31(30)35)41-39-26-16-14-25(15-17-26)38-40-27-9-8-22-36-23-27/h4-24,37H,3H2,1-2H3. The maximum absolute atomic E-state index is 4.68. The van der Waals surface area contributed by atoms with Crippen LogP contribution in [-0.4, -0.2) is 11.0 Å². The molecule has 0 spiro atoms. The summed E-state index contributed by atoms with van der Waals surface area (Å²) in [5, 5.41) is 34.5. The summed E-state index contributed by atoms with van der Waals surface area (Å²) in [6.45, 7) is 4.36. The molecule has 0 saturated carbocycles. The molecule has 0 aliphatic rings. The number of rotatable bonds is 9. The van der Waals surface area contributed by atoms with Gasteiger partial charge in [-0.25, -0.2) is 0 Å². The molecule has 0 radical (unpaired) electrons. The number of azo groups is 3. The first-order valence-electron chi connectivity index (χ1n) is 14.2. The van der Waals surface area contributed by atoms with Crippen LogP contribution in [0.5, 0.6) is 0 Å². The van der Waals surface area contributed by atoms with E-state index in [2.05, 4.69) is 79.1 Å². The molecule has 5 aromatic carbocycles. The Kier molecular flexibility index (Phi) is 8.27. The Morgan fingerprint density at radius 3 is 1.58 bits per heavy atom. The van der Waals surface area contributed by atoms with Crippen LogP contribution >= 0.6 is 0 Å². The van der Waals surface area contributed by atoms with Crippen LogP contribution in [0.2, 0.25) is 0 Å². The van der Waals surface area contributed by atoms with E-state index in [-0.39, 0.29) is 0 Å². The maximum Gasteiger partial charge on any atom is 0.104 e. The molecule has 0 amide bonds. The van der Waals surface area contributed by atoms with Crippen LogP contribution < -0.4 is 5.32 Å². The van der Waals surface area contributed by atoms with Crippen molar-refractivity contribution in [2.75, 3.05) is 5.32 Å². The summed E-state index contributed by atoms with van der Waals surface area (Å²) >= 11 is 0. The highest BCUT2D eigenvalue weighted by Gasteiger charge is 2.09. The minimum absolute atomic E-state index is 0.381. The van der Waals surface area contributed by atoms with E-state index in [0.29, 0.717) is 17.4 Å². The molecule has 8 nitrogen and oxygen atoms in total. The van der Waals surface area contributed by atoms with Gasteiger partial charge in [0, 0.05) is 39.5 Å². The number of nitrogens with zero attached hydrogens (tertiary/aromatic N) is 7. The zero-order valence-corrected chi connectivity index (χ0v) is 24.0. The molecule has 1 aromatic heterocycles. The van der Waals surface area contributed by atoms with Gasteiger partial charge in [0.2, 0.25) is 0 Å². The van der Waals surface area contributed by atoms with Crippen LogP contribution in [0, 0.1) is 0 Å². The van der Waals surface area contributed by atoms with E-state index in [9.17, 15) is 0 Å². The smallest absolute Gasteiger partial charge is 0.104 e. The minimum Gasteiger partial charge on any atom is -0.382 e. The molecule has 1 heterocycles. The lowest BCUT2D eigenvalue weighted by Gasteiger charge is -2.15. The van der Waals surface area contributed by atoms with E-state index < -0.39 is 0 Å². The molecule has 1 atom stereocenters. The predicted octanol–water partition coefficient (Wildman–Crippen LogP) is 11.8. The average Bonchev–Trinajstić information content (AvgIpc) is 3.07. The van der Waals surface area contributed by atoms with Crippen molar-refractivity contribution >= 4 is 61.4 Å². The van der Waals surface area contributed by atoms with Crippen LogP contribution in [0.4, 0.5) is 39.8 Å². The van der Waals surface area contributed by atoms with Gasteiger partial charge in [-0.15, -0.1) is 20.5 Å². The lowest BCUT2D eigenvalue weighted by Crippen LogP contribution is -2.13. The number of pyridine rings is 1. The summed E-state index contributed by atoms with van der Waals surface area (Å²) < 4.78 is 0. The summed E-state index contributed by atoms with van der Waals surface area (Å²) in [5.74, 6) is 0. The SMILES string of the molecule is CCC(C)Nc1ccc(N=Nc2ccc(N=Nc3ccc(N=Nc4cccnc4)cc3)c3ccccc23)c2ccccc12. The highest BCUT2D eigenvalue weighted by molar-refractivity contribution is 6.01. The van der Waals surface area contributed by atoms with E-state index in [1.165, 1.54) is 0 Å². The number of anilines is 1. The number of hydrogen-bond donors (Lipinski definition) is 1. The van der Waals surface area contributed by atoms with Gasteiger partial charge in [-0.05, 0) is 74.0 Å². The molecule has 6 aromatic rings. The first kappa shape index (κ1) is 27.5. The van der Waals surface area contributed by atoms with E-state index in [1.54, 1.807) is 12.4 Å². The first-order valence-corrected chi connectivity index (χ1v) is 14.2. The molecule has 8 heteroatoms. The molecule has 0 bridgehead atoms. The topological polar surface area (TPSA) is 99.1 Å². The molecule has 1 unspecified atom stereocenters. The van der Waals surface area contributed by atoms with E-state index in [1.807, 2.05) is 84.9 Å². The lowest BCUT2D eigenvalue weighted by molar-refractivity contribution is 0.765. The van der Waals surface area contributed by atoms with Gasteiger partial charge in [0.1, 0.15) is 5.69 Å². The first-order chi connectivity index (χ1) is 21.2. The fourth-order valence-corrected chi connectivity index (χ4v) is 4.64. The molecular formula is C35H30N8. The third-order valence-corrected chi connectivity index (χ3v) is 7.11. The van der Waals surface area contributed by atoms with Gasteiger partial charge in [-0.3, -0.25) is 4.98 Å². The fourth-order valence-electron chi connectivity index (χ4n) is 4.64. The Balaban J connectivity index is 1.24. The average molecular weight is 563 g/mol. The largest absolute Gasteiger partial charge is 0.382 e. The van der Waals surface area contributed by atoms with Gasteiger partial charge < -0.3 is 5.32 Å². The molecule has 0 saturated heterocycles. The number of nitrogens with one attached hydrogen (secondary N) is 1. The summed E-state index contributed by atoms with van der Waals surface area (Å²) in [4.78, 5) is 4.04. The Morgan fingerprint density at radius 1 is 0.535 bits per heavy atom. The van der Waals surface area contributed by atoms with Gasteiger partial charge in [-0.2, -0.15) is 10.2 Å². The third-order valence-electron chi connectivity index (χ3n) is 7.11. The highest BCUT2D eigenvalue weighted by atomic mass is 15.1. The van der Waals surface area contributed by atoms with Gasteiger partial charge in [0.05, 0.1) is 34.6 Å². The zero-order chi connectivity index (χ0) is 29.4. The van der Waals surface area contributed by atoms with Crippen LogP contribution in [0.1, 0.15) is 20.3 Å². The molecule has 0 aliphatic carbocycles. The Morgan fingerprint density at radius 2 is 1.02 bits per heavy atom. The summed E-state index contributed by atoms with van der Waals surface area (Å²) in [7, 11) is 0. The van der Waals surface area contributed by atoms with Crippen molar-refractivity contribution in [3.8, 4) is 0 Å². The molecule has 1 N–H and O–H groups in total. The predicted molar refractivity (Wildman–Crippen MR) is 174 cm³/mol. The van der Waals surface area contributed by atoms with Crippen LogP contribution in [-0.2, 0) is 0 Å². The number of benzene rings is 5. The summed E-state index contributed by atoms with van der Waals surface area (Å²) in [6, 6.07) is 35.8. The monoisotopic (exact) mass is 562 g/mol. The molecule has 6 rings (SSSR count). The van der Waals surface area contributed by atoms with E-state index >= 15 is 0 Å². The fraction of sp³-hybridized carbons (Fsp3) is 0.114. The zero-order valence-electron chi connectivity index (χ0n) is 24.0. The van der Waals surface area contributed by atoms with Crippen molar-refractivity contribution in [1.82, 2.24) is 4.98 Å². The van der Waals surface area contributed by atoms with Gasteiger partial charge >= 0.3 is 0 Å². The Labute approximate surface area is 250 Å². The van der Waals surface area contributed by atoms with Crippen molar-refractivity contribution < 1.29 is 0 Å². The van der Waals surface area contributed by atoms with Crippen LogP contribution in [0.15, 0.2) is 152 Å². The van der Waals surface area contributed by atoms with Gasteiger partial charge in [0.15, 0.2) is 0 Å². The third kappa shape index (κ3) is 6.49. The second kappa shape index (κ2) is 12.9. The highest BCUT2D eigenvalue weighted by Crippen LogP contribution is 2.37. The van der Waals surface area contributed by atoms with E-state index in [4.69, 9.17) is 0 Å². The summed E-state index contributed by atoms with van der Waals surface area (Å²) in [5.41, 5.74) is 5.57. The number of hydrogen-bond acceptors (Lipinski definition) is 8. The van der Waals surface area contributed by atoms with Crippen molar-refractivity contribution in [3.63, 3.8) is 0 Å². The van der Waals surface area contributed by atoms with Gasteiger partial charge in [0.25, 0.3) is 0 Å². The van der Waals surface area contributed by atoms with E-state index in [0.717, 1.165) is 56.4 Å². The van der Waals surface area contributed by atoms with Crippen LogP contribution in [0.3, 0.4) is 0 Å². The molecule has 210 valence electrons. The second-order valence-corrected chi connectivity index (χ2v) is 10.1. The minimum atomic E-state index is 0.381. The molecule has 0 fully saturated rings. The van der Waals surface area contributed by atoms with Crippen molar-refractivity contribution in [1.29, 1.82) is 0 Å².